The van der Waals surface area contributed by atoms with Crippen LogP contribution in [-0.2, 0) is 16.6 Å². The van der Waals surface area contributed by atoms with E-state index in [1.165, 1.54) is 63.8 Å². The molecule has 4 aliphatic heterocycles. The number of aryl methyl sites for hydroxylation is 2. The predicted octanol–water partition coefficient (Wildman–Crippen LogP) is 5.91. The number of carbonyl (C=O) groups is 2. The molecule has 248 valence electrons. The molecule has 1 aromatic carbocycles. The molecular formula is C37H52N6O2S. The fourth-order valence-corrected chi connectivity index (χ4v) is 9.67. The van der Waals surface area contributed by atoms with Gasteiger partial charge in [0.2, 0.25) is 5.91 Å². The van der Waals surface area contributed by atoms with E-state index in [0.29, 0.717) is 18.0 Å². The maximum atomic E-state index is 14.0. The van der Waals surface area contributed by atoms with E-state index in [0.717, 1.165) is 70.0 Å². The van der Waals surface area contributed by atoms with E-state index in [1.54, 1.807) is 11.3 Å². The quantitative estimate of drug-likeness (QED) is 0.336. The van der Waals surface area contributed by atoms with Crippen molar-refractivity contribution in [3.8, 4) is 11.3 Å². The Kier molecular flexibility index (Phi) is 8.70. The Morgan fingerprint density at radius 2 is 1.52 bits per heavy atom. The highest BCUT2D eigenvalue weighted by atomic mass is 32.1. The molecule has 46 heavy (non-hydrogen) atoms. The predicted molar refractivity (Wildman–Crippen MR) is 188 cm³/mol. The number of piperidine rings is 1. The van der Waals surface area contributed by atoms with Crippen molar-refractivity contribution in [3.63, 3.8) is 0 Å². The van der Waals surface area contributed by atoms with Gasteiger partial charge in [-0.05, 0) is 109 Å². The molecule has 4 aliphatic rings. The molecule has 4 saturated heterocycles. The van der Waals surface area contributed by atoms with Crippen LogP contribution in [0.5, 0.6) is 0 Å². The first-order valence-corrected chi connectivity index (χ1v) is 18.4. The maximum absolute atomic E-state index is 14.0. The van der Waals surface area contributed by atoms with Gasteiger partial charge in [-0.25, -0.2) is 4.79 Å². The summed E-state index contributed by atoms with van der Waals surface area (Å²) in [5.41, 5.74) is 5.82. The van der Waals surface area contributed by atoms with Crippen molar-refractivity contribution >= 4 is 33.5 Å². The molecule has 2 bridgehead atoms. The Labute approximate surface area is 278 Å². The van der Waals surface area contributed by atoms with Crippen LogP contribution in [0.1, 0.15) is 73.9 Å². The number of nitrogens with zero attached hydrogens (tertiary/aromatic N) is 4. The van der Waals surface area contributed by atoms with Gasteiger partial charge in [0.05, 0.1) is 11.1 Å². The fraction of sp³-hybridized carbons (Fsp3) is 0.622. The molecule has 0 unspecified atom stereocenters. The van der Waals surface area contributed by atoms with E-state index in [9.17, 15) is 9.59 Å². The van der Waals surface area contributed by atoms with Gasteiger partial charge < -0.3 is 29.9 Å². The third kappa shape index (κ3) is 6.11. The normalized spacial score (nSPS) is 23.2. The van der Waals surface area contributed by atoms with Gasteiger partial charge in [0, 0.05) is 74.2 Å². The van der Waals surface area contributed by atoms with Crippen LogP contribution < -0.4 is 5.32 Å². The molecule has 3 amide bonds. The van der Waals surface area contributed by atoms with E-state index < -0.39 is 5.41 Å². The highest BCUT2D eigenvalue weighted by Crippen LogP contribution is 2.44. The Bertz CT molecular complexity index is 1550. The summed E-state index contributed by atoms with van der Waals surface area (Å²) in [4.78, 5) is 42.1. The number of likely N-dealkylation sites (N-methyl/N-ethyl adjacent to an activating group) is 1. The van der Waals surface area contributed by atoms with Crippen LogP contribution in [-0.4, -0.2) is 108 Å². The average molecular weight is 645 g/mol. The first kappa shape index (κ1) is 31.7. The average Bonchev–Trinajstić information content (AvgIpc) is 3.81. The Morgan fingerprint density at radius 1 is 0.891 bits per heavy atom. The van der Waals surface area contributed by atoms with E-state index in [4.69, 9.17) is 0 Å². The number of benzene rings is 1. The lowest BCUT2D eigenvalue weighted by atomic mass is 9.88. The summed E-state index contributed by atoms with van der Waals surface area (Å²) in [7, 11) is 2.12. The van der Waals surface area contributed by atoms with Crippen LogP contribution >= 0.6 is 11.3 Å². The van der Waals surface area contributed by atoms with Crippen molar-refractivity contribution in [2.45, 2.75) is 96.2 Å². The van der Waals surface area contributed by atoms with E-state index >= 15 is 0 Å². The molecule has 9 heteroatoms. The monoisotopic (exact) mass is 644 g/mol. The number of aromatic amines is 1. The first-order chi connectivity index (χ1) is 22.1. The van der Waals surface area contributed by atoms with Gasteiger partial charge in [-0.1, -0.05) is 17.2 Å². The molecule has 7 rings (SSSR count). The zero-order valence-electron chi connectivity index (χ0n) is 28.5. The molecule has 0 aliphatic carbocycles. The topological polar surface area (TPSA) is 74.9 Å². The van der Waals surface area contributed by atoms with Gasteiger partial charge in [-0.3, -0.25) is 4.79 Å². The third-order valence-electron chi connectivity index (χ3n) is 11.3. The van der Waals surface area contributed by atoms with Gasteiger partial charge in [-0.15, -0.1) is 11.3 Å². The Morgan fingerprint density at radius 3 is 2.15 bits per heavy atom. The number of hydrogen-bond acceptors (Lipinski definition) is 5. The first-order valence-electron chi connectivity index (χ1n) is 17.6. The number of piperazine rings is 1. The van der Waals surface area contributed by atoms with Crippen LogP contribution in [0.4, 0.5) is 4.79 Å². The molecule has 0 spiro atoms. The second kappa shape index (κ2) is 12.6. The lowest BCUT2D eigenvalue weighted by Crippen LogP contribution is -2.54. The summed E-state index contributed by atoms with van der Waals surface area (Å²) in [6.07, 6.45) is 7.60. The molecule has 2 aromatic heterocycles. The number of nitrogens with one attached hydrogen (secondary N) is 2. The fourth-order valence-electron chi connectivity index (χ4n) is 8.48. The smallest absolute Gasteiger partial charge is 0.317 e. The number of amides is 3. The number of urea groups is 1. The second-order valence-corrected chi connectivity index (χ2v) is 16.2. The zero-order chi connectivity index (χ0) is 32.2. The molecule has 0 saturated carbocycles. The summed E-state index contributed by atoms with van der Waals surface area (Å²) in [5.74, 6) is 0.306. The number of aromatic nitrogens is 1. The van der Waals surface area contributed by atoms with Crippen LogP contribution in [0.25, 0.3) is 21.5 Å². The minimum absolute atomic E-state index is 0.103. The van der Waals surface area contributed by atoms with Crippen molar-refractivity contribution in [2.24, 2.45) is 0 Å². The maximum Gasteiger partial charge on any atom is 0.317 e. The van der Waals surface area contributed by atoms with Gasteiger partial charge in [-0.2, -0.15) is 0 Å². The highest BCUT2D eigenvalue weighted by Gasteiger charge is 2.47. The largest absolute Gasteiger partial charge is 0.346 e. The van der Waals surface area contributed by atoms with Crippen LogP contribution in [0.15, 0.2) is 24.3 Å². The molecule has 3 aromatic rings. The summed E-state index contributed by atoms with van der Waals surface area (Å²) >= 11 is 1.77. The zero-order valence-corrected chi connectivity index (χ0v) is 29.3. The van der Waals surface area contributed by atoms with Crippen LogP contribution in [0.3, 0.4) is 0 Å². The van der Waals surface area contributed by atoms with Crippen molar-refractivity contribution in [1.29, 1.82) is 0 Å². The number of fused-ring (bicyclic) bond motifs is 3. The molecular weight excluding hydrogens is 593 g/mol. The standard InChI is InChI=1S/C37H52N6O2S/c1-24-20-25(2)22-26(21-24)33-30(12-15-41-13-10-27(11-14-41)38-36(45)42-18-16-40(5)17-19-42)31-23-32(46-34(31)39-33)37(3,4)35(44)43-28-6-7-29(43)9-8-28/h20-23,27-29,39H,6-19H2,1-5H3,(H,38,45). The Hall–Kier alpha value is -2.88. The molecule has 0 radical (unpaired) electrons. The summed E-state index contributed by atoms with van der Waals surface area (Å²) in [5, 5.41) is 4.59. The summed E-state index contributed by atoms with van der Waals surface area (Å²) < 4.78 is 0. The van der Waals surface area contributed by atoms with Crippen molar-refractivity contribution < 1.29 is 9.59 Å². The van der Waals surface area contributed by atoms with E-state index in [2.05, 4.69) is 84.0 Å². The summed E-state index contributed by atoms with van der Waals surface area (Å²) in [6.45, 7) is 15.1. The van der Waals surface area contributed by atoms with Crippen LogP contribution in [0.2, 0.25) is 0 Å². The molecule has 8 nitrogen and oxygen atoms in total. The third-order valence-corrected chi connectivity index (χ3v) is 12.7. The minimum atomic E-state index is -0.538. The highest BCUT2D eigenvalue weighted by molar-refractivity contribution is 7.19. The summed E-state index contributed by atoms with van der Waals surface area (Å²) in [6, 6.07) is 10.4. The van der Waals surface area contributed by atoms with Gasteiger partial charge >= 0.3 is 6.03 Å². The SMILES string of the molecule is Cc1cc(C)cc(-c2[nH]c3sc(C(C)(C)C(=O)N4C5CCC4CC5)cc3c2CCN2CCC(NC(=O)N3CCN(C)CC3)CC2)c1. The lowest BCUT2D eigenvalue weighted by Gasteiger charge is -2.36. The van der Waals surface area contributed by atoms with Crippen molar-refractivity contribution in [1.82, 2.24) is 29.9 Å². The molecule has 6 heterocycles. The van der Waals surface area contributed by atoms with Crippen molar-refractivity contribution in [2.75, 3.05) is 52.9 Å². The lowest BCUT2D eigenvalue weighted by molar-refractivity contribution is -0.137. The van der Waals surface area contributed by atoms with E-state index in [-0.39, 0.29) is 12.1 Å². The number of likely N-dealkylation sites (tertiary alicyclic amines) is 1. The molecule has 0 atom stereocenters. The Balaban J connectivity index is 1.07. The van der Waals surface area contributed by atoms with Crippen molar-refractivity contribution in [3.05, 3.63) is 45.8 Å². The number of thiophene rings is 1. The van der Waals surface area contributed by atoms with Gasteiger partial charge in [0.25, 0.3) is 0 Å². The van der Waals surface area contributed by atoms with E-state index in [1.807, 2.05) is 4.90 Å². The number of rotatable bonds is 7. The number of H-pyrrole nitrogens is 1. The minimum Gasteiger partial charge on any atom is -0.346 e. The second-order valence-electron chi connectivity index (χ2n) is 15.1. The van der Waals surface area contributed by atoms with Gasteiger partial charge in [0.1, 0.15) is 4.83 Å². The molecule has 4 fully saturated rings. The number of hydrogen-bond donors (Lipinski definition) is 2. The molecule has 2 N–H and O–H groups in total. The van der Waals surface area contributed by atoms with Crippen LogP contribution in [0, 0.1) is 13.8 Å². The van der Waals surface area contributed by atoms with Gasteiger partial charge in [0.15, 0.2) is 0 Å². The number of carbonyl (C=O) groups excluding carboxylic acids is 2.